The zero-order valence-electron chi connectivity index (χ0n) is 16.4. The highest BCUT2D eigenvalue weighted by atomic mass is 16.2. The van der Waals surface area contributed by atoms with Gasteiger partial charge in [-0.3, -0.25) is 9.59 Å². The normalized spacial score (nSPS) is 15.7. The number of aromatic nitrogens is 6. The molecule has 156 valence electrons. The van der Waals surface area contributed by atoms with Crippen LogP contribution in [0.4, 0.5) is 17.5 Å². The van der Waals surface area contributed by atoms with E-state index in [4.69, 9.17) is 0 Å². The number of carbonyl (C=O) groups is 1. The first-order chi connectivity index (χ1) is 15.2. The Morgan fingerprint density at radius 2 is 2.00 bits per heavy atom. The van der Waals surface area contributed by atoms with Crippen LogP contribution in [0.1, 0.15) is 6.42 Å². The van der Waals surface area contributed by atoms with Crippen LogP contribution < -0.4 is 21.5 Å². The van der Waals surface area contributed by atoms with Gasteiger partial charge in [0.15, 0.2) is 0 Å². The number of carbonyl (C=O) groups excluding carboxylic acids is 1. The number of aromatic amines is 1. The summed E-state index contributed by atoms with van der Waals surface area (Å²) in [5, 5.41) is 17.8. The smallest absolute Gasteiger partial charge is 0.261 e. The summed E-state index contributed by atoms with van der Waals surface area (Å²) in [5.41, 5.74) is 1.66. The van der Waals surface area contributed by atoms with Crippen LogP contribution >= 0.6 is 0 Å². The number of H-pyrrole nitrogens is 1. The van der Waals surface area contributed by atoms with E-state index >= 15 is 0 Å². The monoisotopic (exact) mass is 417 g/mol. The average Bonchev–Trinajstić information content (AvgIpc) is 3.44. The summed E-state index contributed by atoms with van der Waals surface area (Å²) < 4.78 is 0. The predicted octanol–water partition coefficient (Wildman–Crippen LogP) is 1.19. The van der Waals surface area contributed by atoms with E-state index in [2.05, 4.69) is 41.1 Å². The van der Waals surface area contributed by atoms with Crippen LogP contribution in [0.2, 0.25) is 0 Å². The number of benzene rings is 1. The molecule has 4 N–H and O–H groups in total. The van der Waals surface area contributed by atoms with Gasteiger partial charge in [-0.1, -0.05) is 6.07 Å². The van der Waals surface area contributed by atoms with E-state index in [1.807, 2.05) is 24.3 Å². The van der Waals surface area contributed by atoms with E-state index in [1.165, 1.54) is 4.80 Å². The first kappa shape index (κ1) is 18.7. The largest absolute Gasteiger partial charge is 0.356 e. The minimum Gasteiger partial charge on any atom is -0.356 e. The molecule has 0 bridgehead atoms. The van der Waals surface area contributed by atoms with Crippen molar-refractivity contribution in [3.05, 3.63) is 59.3 Å². The van der Waals surface area contributed by atoms with Gasteiger partial charge in [-0.15, -0.1) is 0 Å². The van der Waals surface area contributed by atoms with Crippen molar-refractivity contribution in [2.75, 3.05) is 23.7 Å². The van der Waals surface area contributed by atoms with Crippen molar-refractivity contribution in [1.82, 2.24) is 35.3 Å². The van der Waals surface area contributed by atoms with Crippen molar-refractivity contribution >= 4 is 34.3 Å². The van der Waals surface area contributed by atoms with E-state index < -0.39 is 0 Å². The maximum absolute atomic E-state index is 12.5. The third-order valence-electron chi connectivity index (χ3n) is 5.05. The number of nitrogens with one attached hydrogen (secondary N) is 4. The predicted molar refractivity (Wildman–Crippen MR) is 114 cm³/mol. The highest BCUT2D eigenvalue weighted by Gasteiger charge is 2.24. The minimum absolute atomic E-state index is 0.0205. The van der Waals surface area contributed by atoms with Crippen LogP contribution in [0.5, 0.6) is 0 Å². The van der Waals surface area contributed by atoms with Gasteiger partial charge in [0.1, 0.15) is 11.2 Å². The Bertz CT molecular complexity index is 1300. The van der Waals surface area contributed by atoms with Gasteiger partial charge in [0.2, 0.25) is 11.9 Å². The number of hydrogen-bond donors (Lipinski definition) is 4. The lowest BCUT2D eigenvalue weighted by atomic mass is 10.1. The lowest BCUT2D eigenvalue weighted by molar-refractivity contribution is -0.122. The molecule has 31 heavy (non-hydrogen) atoms. The van der Waals surface area contributed by atoms with Crippen LogP contribution in [0, 0.1) is 5.92 Å². The van der Waals surface area contributed by atoms with Crippen molar-refractivity contribution in [1.29, 1.82) is 0 Å². The zero-order valence-corrected chi connectivity index (χ0v) is 16.4. The Hall–Kier alpha value is -4.28. The molecule has 5 rings (SSSR count). The Labute approximate surface area is 175 Å². The van der Waals surface area contributed by atoms with Crippen molar-refractivity contribution in [3.63, 3.8) is 0 Å². The lowest BCUT2D eigenvalue weighted by Gasteiger charge is -2.13. The molecule has 0 spiro atoms. The molecule has 0 radical (unpaired) electrons. The standard InChI is InChI=1S/C20H19N9O2/c30-18-12(4-6-21-18)11-23-20-27-15-5-7-22-19(31)16(15)17(28-20)26-13-2-1-3-14(10-13)29-24-8-9-25-29/h1-3,5,7-10,12H,4,6,11H2,(H,21,30)(H,22,31)(H2,23,26,27,28). The molecule has 0 aliphatic carbocycles. The SMILES string of the molecule is O=C1NCCC1CNc1nc(Nc2cccc(-n3nccn3)c2)c2c(=O)[nH]ccc2n1. The van der Waals surface area contributed by atoms with E-state index in [1.54, 1.807) is 24.7 Å². The highest BCUT2D eigenvalue weighted by molar-refractivity contribution is 5.91. The van der Waals surface area contributed by atoms with Crippen LogP contribution in [0.15, 0.2) is 53.7 Å². The molecule has 1 atom stereocenters. The molecule has 11 nitrogen and oxygen atoms in total. The molecule has 4 heterocycles. The first-order valence-corrected chi connectivity index (χ1v) is 9.82. The van der Waals surface area contributed by atoms with Gasteiger partial charge in [0, 0.05) is 25.0 Å². The number of pyridine rings is 1. The third kappa shape index (κ3) is 3.80. The fraction of sp³-hybridized carbons (Fsp3) is 0.200. The van der Waals surface area contributed by atoms with Gasteiger partial charge in [-0.25, -0.2) is 4.98 Å². The third-order valence-corrected chi connectivity index (χ3v) is 5.05. The maximum atomic E-state index is 12.5. The maximum Gasteiger partial charge on any atom is 0.261 e. The van der Waals surface area contributed by atoms with Crippen molar-refractivity contribution in [3.8, 4) is 5.69 Å². The molecule has 1 amide bonds. The second-order valence-electron chi connectivity index (χ2n) is 7.11. The number of fused-ring (bicyclic) bond motifs is 1. The summed E-state index contributed by atoms with van der Waals surface area (Å²) in [7, 11) is 0. The minimum atomic E-state index is -0.299. The van der Waals surface area contributed by atoms with Crippen molar-refractivity contribution < 1.29 is 4.79 Å². The molecule has 1 aliphatic rings. The van der Waals surface area contributed by atoms with Crippen LogP contribution in [0.25, 0.3) is 16.6 Å². The molecule has 0 saturated carbocycles. The second kappa shape index (κ2) is 7.86. The quantitative estimate of drug-likeness (QED) is 0.366. The van der Waals surface area contributed by atoms with Gasteiger partial charge < -0.3 is 20.9 Å². The summed E-state index contributed by atoms with van der Waals surface area (Å²) in [5.74, 6) is 0.584. The summed E-state index contributed by atoms with van der Waals surface area (Å²) in [6.45, 7) is 1.09. The number of rotatable bonds is 6. The van der Waals surface area contributed by atoms with E-state index in [-0.39, 0.29) is 17.4 Å². The van der Waals surface area contributed by atoms with Crippen molar-refractivity contribution in [2.24, 2.45) is 5.92 Å². The summed E-state index contributed by atoms with van der Waals surface area (Å²) in [6.07, 6.45) is 5.50. The zero-order chi connectivity index (χ0) is 21.2. The molecule has 4 aromatic rings. The Morgan fingerprint density at radius 1 is 1.13 bits per heavy atom. The first-order valence-electron chi connectivity index (χ1n) is 9.82. The van der Waals surface area contributed by atoms with Crippen LogP contribution in [-0.4, -0.2) is 48.9 Å². The molecule has 1 saturated heterocycles. The number of amides is 1. The lowest BCUT2D eigenvalue weighted by Crippen LogP contribution is -2.25. The van der Waals surface area contributed by atoms with Gasteiger partial charge in [0.25, 0.3) is 5.56 Å². The van der Waals surface area contributed by atoms with Crippen molar-refractivity contribution in [2.45, 2.75) is 6.42 Å². The fourth-order valence-electron chi connectivity index (χ4n) is 3.51. The Balaban J connectivity index is 1.49. The number of anilines is 3. The Kier molecular flexibility index (Phi) is 4.75. The van der Waals surface area contributed by atoms with E-state index in [0.29, 0.717) is 41.4 Å². The second-order valence-corrected chi connectivity index (χ2v) is 7.11. The number of hydrogen-bond acceptors (Lipinski definition) is 8. The van der Waals surface area contributed by atoms with E-state index in [0.717, 1.165) is 12.1 Å². The van der Waals surface area contributed by atoms with Gasteiger partial charge >= 0.3 is 0 Å². The fourth-order valence-corrected chi connectivity index (χ4v) is 3.51. The van der Waals surface area contributed by atoms with Gasteiger partial charge in [0.05, 0.1) is 29.5 Å². The van der Waals surface area contributed by atoms with Crippen LogP contribution in [-0.2, 0) is 4.79 Å². The van der Waals surface area contributed by atoms with Gasteiger partial charge in [-0.05, 0) is 30.7 Å². The summed E-state index contributed by atoms with van der Waals surface area (Å²) in [6, 6.07) is 9.14. The van der Waals surface area contributed by atoms with Gasteiger partial charge in [-0.2, -0.15) is 20.0 Å². The molecule has 1 aliphatic heterocycles. The summed E-state index contributed by atoms with van der Waals surface area (Å²) in [4.78, 5) is 37.4. The molecule has 1 fully saturated rings. The van der Waals surface area contributed by atoms with E-state index in [9.17, 15) is 9.59 Å². The summed E-state index contributed by atoms with van der Waals surface area (Å²) >= 11 is 0. The molecular weight excluding hydrogens is 398 g/mol. The molecule has 1 aromatic carbocycles. The number of nitrogens with zero attached hydrogens (tertiary/aromatic N) is 5. The average molecular weight is 417 g/mol. The molecular formula is C20H19N9O2. The topological polar surface area (TPSA) is 143 Å². The Morgan fingerprint density at radius 3 is 2.81 bits per heavy atom. The highest BCUT2D eigenvalue weighted by Crippen LogP contribution is 2.24. The molecule has 11 heteroatoms. The molecule has 1 unspecified atom stereocenters. The van der Waals surface area contributed by atoms with Crippen LogP contribution in [0.3, 0.4) is 0 Å². The molecule has 3 aromatic heterocycles.